The SMILES string of the molecule is CCNC(c1ccc(Cl)c(Cl)c1)C(CC)OCC. The molecule has 1 aromatic carbocycles. The van der Waals surface area contributed by atoms with Crippen molar-refractivity contribution >= 4 is 23.2 Å². The summed E-state index contributed by atoms with van der Waals surface area (Å²) in [5, 5.41) is 4.62. The molecule has 0 heterocycles. The highest BCUT2D eigenvalue weighted by Crippen LogP contribution is 2.28. The Labute approximate surface area is 120 Å². The molecular weight excluding hydrogens is 269 g/mol. The van der Waals surface area contributed by atoms with Crippen molar-refractivity contribution in [1.29, 1.82) is 0 Å². The molecule has 0 spiro atoms. The minimum absolute atomic E-state index is 0.146. The third-order valence-electron chi connectivity index (χ3n) is 2.88. The van der Waals surface area contributed by atoms with Crippen LogP contribution < -0.4 is 5.32 Å². The van der Waals surface area contributed by atoms with Gasteiger partial charge in [-0.05, 0) is 37.6 Å². The molecule has 2 nitrogen and oxygen atoms in total. The Morgan fingerprint density at radius 3 is 2.39 bits per heavy atom. The van der Waals surface area contributed by atoms with Gasteiger partial charge in [-0.15, -0.1) is 0 Å². The summed E-state index contributed by atoms with van der Waals surface area (Å²) >= 11 is 12.0. The quantitative estimate of drug-likeness (QED) is 0.800. The second-order valence-electron chi connectivity index (χ2n) is 4.11. The van der Waals surface area contributed by atoms with Crippen molar-refractivity contribution in [3.05, 3.63) is 33.8 Å². The van der Waals surface area contributed by atoms with Crippen molar-refractivity contribution < 1.29 is 4.74 Å². The third kappa shape index (κ3) is 4.13. The van der Waals surface area contributed by atoms with Crippen molar-refractivity contribution in [2.45, 2.75) is 39.3 Å². The molecule has 0 aromatic heterocycles. The predicted octanol–water partition coefficient (Wildman–Crippen LogP) is 4.46. The summed E-state index contributed by atoms with van der Waals surface area (Å²) in [4.78, 5) is 0. The molecule has 102 valence electrons. The van der Waals surface area contributed by atoms with E-state index in [1.54, 1.807) is 0 Å². The van der Waals surface area contributed by atoms with E-state index in [1.165, 1.54) is 0 Å². The van der Waals surface area contributed by atoms with E-state index in [-0.39, 0.29) is 12.1 Å². The third-order valence-corrected chi connectivity index (χ3v) is 3.62. The van der Waals surface area contributed by atoms with E-state index < -0.39 is 0 Å². The van der Waals surface area contributed by atoms with Crippen LogP contribution in [0.2, 0.25) is 10.0 Å². The Hall–Kier alpha value is -0.280. The fourth-order valence-corrected chi connectivity index (χ4v) is 2.36. The average Bonchev–Trinajstić information content (AvgIpc) is 2.37. The van der Waals surface area contributed by atoms with Gasteiger partial charge in [0.15, 0.2) is 0 Å². The summed E-state index contributed by atoms with van der Waals surface area (Å²) in [7, 11) is 0. The molecule has 0 aliphatic carbocycles. The van der Waals surface area contributed by atoms with Crippen LogP contribution >= 0.6 is 23.2 Å². The zero-order chi connectivity index (χ0) is 13.5. The standard InChI is InChI=1S/C14H21Cl2NO/c1-4-13(18-6-3)14(17-5-2)10-7-8-11(15)12(16)9-10/h7-9,13-14,17H,4-6H2,1-3H3. The zero-order valence-corrected chi connectivity index (χ0v) is 12.7. The van der Waals surface area contributed by atoms with E-state index in [1.807, 2.05) is 25.1 Å². The van der Waals surface area contributed by atoms with Gasteiger partial charge < -0.3 is 10.1 Å². The maximum absolute atomic E-state index is 6.08. The smallest absolute Gasteiger partial charge is 0.0766 e. The molecule has 1 rings (SSSR count). The van der Waals surface area contributed by atoms with Gasteiger partial charge in [0, 0.05) is 6.61 Å². The molecule has 0 saturated carbocycles. The van der Waals surface area contributed by atoms with Gasteiger partial charge in [-0.1, -0.05) is 43.1 Å². The fourth-order valence-electron chi connectivity index (χ4n) is 2.05. The predicted molar refractivity (Wildman–Crippen MR) is 78.6 cm³/mol. The van der Waals surface area contributed by atoms with Crippen LogP contribution in [-0.2, 0) is 4.74 Å². The number of rotatable bonds is 7. The first kappa shape index (κ1) is 15.8. The van der Waals surface area contributed by atoms with Crippen LogP contribution in [0.15, 0.2) is 18.2 Å². The Bertz CT molecular complexity index is 371. The van der Waals surface area contributed by atoms with E-state index in [0.717, 1.165) is 18.5 Å². The van der Waals surface area contributed by atoms with E-state index in [2.05, 4.69) is 19.2 Å². The Kier molecular flexibility index (Phi) is 7.02. The van der Waals surface area contributed by atoms with Crippen molar-refractivity contribution in [1.82, 2.24) is 5.32 Å². The monoisotopic (exact) mass is 289 g/mol. The molecule has 4 heteroatoms. The first-order chi connectivity index (χ1) is 8.63. The molecule has 1 aromatic rings. The second-order valence-corrected chi connectivity index (χ2v) is 4.93. The summed E-state index contributed by atoms with van der Waals surface area (Å²) in [6, 6.07) is 5.90. The molecule has 18 heavy (non-hydrogen) atoms. The summed E-state index contributed by atoms with van der Waals surface area (Å²) in [5.41, 5.74) is 1.12. The molecule has 0 aliphatic rings. The Morgan fingerprint density at radius 2 is 1.89 bits per heavy atom. The number of benzene rings is 1. The molecule has 0 bridgehead atoms. The Morgan fingerprint density at radius 1 is 1.17 bits per heavy atom. The first-order valence-corrected chi connectivity index (χ1v) is 7.19. The lowest BCUT2D eigenvalue weighted by Gasteiger charge is -2.27. The lowest BCUT2D eigenvalue weighted by atomic mass is 9.99. The lowest BCUT2D eigenvalue weighted by molar-refractivity contribution is 0.0318. The maximum atomic E-state index is 6.08. The highest BCUT2D eigenvalue weighted by Gasteiger charge is 2.21. The van der Waals surface area contributed by atoms with Crippen molar-refractivity contribution in [3.8, 4) is 0 Å². The number of hydrogen-bond donors (Lipinski definition) is 1. The molecule has 0 saturated heterocycles. The highest BCUT2D eigenvalue weighted by molar-refractivity contribution is 6.42. The summed E-state index contributed by atoms with van der Waals surface area (Å²) in [6.45, 7) is 7.82. The van der Waals surface area contributed by atoms with Crippen LogP contribution in [0, 0.1) is 0 Å². The van der Waals surface area contributed by atoms with Crippen molar-refractivity contribution in [2.24, 2.45) is 0 Å². The average molecular weight is 290 g/mol. The molecule has 0 fully saturated rings. The van der Waals surface area contributed by atoms with Gasteiger partial charge in [0.2, 0.25) is 0 Å². The second kappa shape index (κ2) is 8.00. The maximum Gasteiger partial charge on any atom is 0.0766 e. The van der Waals surface area contributed by atoms with Crippen LogP contribution in [0.1, 0.15) is 38.8 Å². The number of ether oxygens (including phenoxy) is 1. The molecule has 0 amide bonds. The molecule has 2 atom stereocenters. The van der Waals surface area contributed by atoms with Crippen LogP contribution in [-0.4, -0.2) is 19.3 Å². The lowest BCUT2D eigenvalue weighted by Crippen LogP contribution is -2.33. The molecule has 2 unspecified atom stereocenters. The van der Waals surface area contributed by atoms with Crippen LogP contribution in [0.25, 0.3) is 0 Å². The highest BCUT2D eigenvalue weighted by atomic mass is 35.5. The minimum Gasteiger partial charge on any atom is -0.377 e. The van der Waals surface area contributed by atoms with Crippen LogP contribution in [0.3, 0.4) is 0 Å². The number of hydrogen-bond acceptors (Lipinski definition) is 2. The van der Waals surface area contributed by atoms with Gasteiger partial charge in [0.25, 0.3) is 0 Å². The zero-order valence-electron chi connectivity index (χ0n) is 11.2. The van der Waals surface area contributed by atoms with E-state index in [4.69, 9.17) is 27.9 Å². The van der Waals surface area contributed by atoms with Gasteiger partial charge in [0.1, 0.15) is 0 Å². The van der Waals surface area contributed by atoms with Gasteiger partial charge >= 0.3 is 0 Å². The topological polar surface area (TPSA) is 21.3 Å². The van der Waals surface area contributed by atoms with Gasteiger partial charge in [0.05, 0.1) is 22.2 Å². The first-order valence-electron chi connectivity index (χ1n) is 6.43. The molecule has 0 aliphatic heterocycles. The van der Waals surface area contributed by atoms with E-state index in [9.17, 15) is 0 Å². The van der Waals surface area contributed by atoms with Crippen molar-refractivity contribution in [2.75, 3.05) is 13.2 Å². The Balaban J connectivity index is 2.98. The summed E-state index contributed by atoms with van der Waals surface area (Å²) in [6.07, 6.45) is 1.10. The minimum atomic E-state index is 0.146. The molecule has 1 N–H and O–H groups in total. The molecule has 0 radical (unpaired) electrons. The van der Waals surface area contributed by atoms with E-state index in [0.29, 0.717) is 16.7 Å². The normalized spacial score (nSPS) is 14.5. The van der Waals surface area contributed by atoms with Crippen molar-refractivity contribution in [3.63, 3.8) is 0 Å². The number of likely N-dealkylation sites (N-methyl/N-ethyl adjacent to an activating group) is 1. The fraction of sp³-hybridized carbons (Fsp3) is 0.571. The van der Waals surface area contributed by atoms with E-state index >= 15 is 0 Å². The number of halogens is 2. The summed E-state index contributed by atoms with van der Waals surface area (Å²) in [5.74, 6) is 0. The summed E-state index contributed by atoms with van der Waals surface area (Å²) < 4.78 is 5.79. The number of nitrogens with one attached hydrogen (secondary N) is 1. The van der Waals surface area contributed by atoms with Gasteiger partial charge in [-0.3, -0.25) is 0 Å². The molecular formula is C14H21Cl2NO. The largest absolute Gasteiger partial charge is 0.377 e. The van der Waals surface area contributed by atoms with Crippen LogP contribution in [0.4, 0.5) is 0 Å². The van der Waals surface area contributed by atoms with Gasteiger partial charge in [-0.25, -0.2) is 0 Å². The van der Waals surface area contributed by atoms with Gasteiger partial charge in [-0.2, -0.15) is 0 Å². The van der Waals surface area contributed by atoms with Crippen LogP contribution in [0.5, 0.6) is 0 Å².